The second kappa shape index (κ2) is 7.24. The average Bonchev–Trinajstić information content (AvgIpc) is 2.44. The van der Waals surface area contributed by atoms with Crippen molar-refractivity contribution in [3.05, 3.63) is 30.1 Å². The minimum absolute atomic E-state index is 0.258. The summed E-state index contributed by atoms with van der Waals surface area (Å²) in [5, 5.41) is 2.78. The van der Waals surface area contributed by atoms with Gasteiger partial charge in [-0.1, -0.05) is 19.9 Å². The molecule has 4 nitrogen and oxygen atoms in total. The summed E-state index contributed by atoms with van der Waals surface area (Å²) in [6, 6.07) is 5.71. The first kappa shape index (κ1) is 16.4. The Morgan fingerprint density at radius 1 is 1.45 bits per heavy atom. The summed E-state index contributed by atoms with van der Waals surface area (Å²) in [7, 11) is 0. The Labute approximate surface area is 119 Å². The largest absolute Gasteiger partial charge is 0.481 e. The molecule has 0 aromatic heterocycles. The molecule has 0 heterocycles. The zero-order valence-corrected chi connectivity index (χ0v) is 12.3. The van der Waals surface area contributed by atoms with E-state index in [1.807, 2.05) is 13.8 Å². The van der Waals surface area contributed by atoms with Crippen LogP contribution in [0.25, 0.3) is 0 Å². The van der Waals surface area contributed by atoms with E-state index < -0.39 is 17.5 Å². The molecule has 20 heavy (non-hydrogen) atoms. The fourth-order valence-electron chi connectivity index (χ4n) is 1.70. The highest BCUT2D eigenvalue weighted by atomic mass is 19.1. The molecule has 3 N–H and O–H groups in total. The summed E-state index contributed by atoms with van der Waals surface area (Å²) in [6.07, 6.45) is 0.862. The van der Waals surface area contributed by atoms with E-state index in [4.69, 9.17) is 10.5 Å². The van der Waals surface area contributed by atoms with Crippen molar-refractivity contribution in [2.24, 2.45) is 5.73 Å². The molecule has 5 heteroatoms. The molecule has 0 saturated heterocycles. The second-order valence-electron chi connectivity index (χ2n) is 5.00. The van der Waals surface area contributed by atoms with Gasteiger partial charge in [0, 0.05) is 18.2 Å². The second-order valence-corrected chi connectivity index (χ2v) is 5.00. The molecule has 0 fully saturated rings. The highest BCUT2D eigenvalue weighted by Gasteiger charge is 2.23. The van der Waals surface area contributed by atoms with Crippen LogP contribution in [-0.2, 0) is 4.79 Å². The first-order valence-corrected chi connectivity index (χ1v) is 6.89. The lowest BCUT2D eigenvalue weighted by Gasteiger charge is -2.27. The molecule has 112 valence electrons. The Kier molecular flexibility index (Phi) is 5.95. The zero-order chi connectivity index (χ0) is 15.2. The van der Waals surface area contributed by atoms with Crippen LogP contribution >= 0.6 is 0 Å². The smallest absolute Gasteiger partial charge is 0.260 e. The van der Waals surface area contributed by atoms with Crippen LogP contribution < -0.4 is 15.8 Å². The third kappa shape index (κ3) is 4.81. The standard InChI is InChI=1S/C15H23FN2O2/c1-4-15(17,5-2)10-18-14(19)11(3)20-13-8-6-7-12(16)9-13/h6-9,11H,4-5,10,17H2,1-3H3,(H,18,19). The van der Waals surface area contributed by atoms with Crippen molar-refractivity contribution in [2.45, 2.75) is 45.3 Å². The quantitative estimate of drug-likeness (QED) is 0.806. The van der Waals surface area contributed by atoms with Gasteiger partial charge in [0.25, 0.3) is 5.91 Å². The Morgan fingerprint density at radius 2 is 2.10 bits per heavy atom. The van der Waals surface area contributed by atoms with E-state index in [0.717, 1.165) is 12.8 Å². The zero-order valence-electron chi connectivity index (χ0n) is 12.3. The Hall–Kier alpha value is -1.62. The van der Waals surface area contributed by atoms with Gasteiger partial charge in [0.05, 0.1) is 0 Å². The predicted molar refractivity (Wildman–Crippen MR) is 77.0 cm³/mol. The van der Waals surface area contributed by atoms with Gasteiger partial charge < -0.3 is 15.8 Å². The average molecular weight is 282 g/mol. The van der Waals surface area contributed by atoms with E-state index >= 15 is 0 Å². The van der Waals surface area contributed by atoms with Crippen molar-refractivity contribution in [1.82, 2.24) is 5.32 Å². The van der Waals surface area contributed by atoms with Crippen LogP contribution in [0.15, 0.2) is 24.3 Å². The maximum atomic E-state index is 13.0. The van der Waals surface area contributed by atoms with Crippen molar-refractivity contribution in [3.8, 4) is 5.75 Å². The maximum Gasteiger partial charge on any atom is 0.260 e. The number of hydrogen-bond donors (Lipinski definition) is 2. The van der Waals surface area contributed by atoms with Crippen molar-refractivity contribution < 1.29 is 13.9 Å². The van der Waals surface area contributed by atoms with Crippen molar-refractivity contribution in [2.75, 3.05) is 6.54 Å². The van der Waals surface area contributed by atoms with Gasteiger partial charge in [0.15, 0.2) is 6.10 Å². The SMILES string of the molecule is CCC(N)(CC)CNC(=O)C(C)Oc1cccc(F)c1. The van der Waals surface area contributed by atoms with E-state index in [2.05, 4.69) is 5.32 Å². The van der Waals surface area contributed by atoms with E-state index in [9.17, 15) is 9.18 Å². The molecule has 1 atom stereocenters. The third-order valence-electron chi connectivity index (χ3n) is 3.50. The fraction of sp³-hybridized carbons (Fsp3) is 0.533. The first-order chi connectivity index (χ1) is 9.40. The molecule has 0 radical (unpaired) electrons. The summed E-state index contributed by atoms with van der Waals surface area (Å²) in [5.41, 5.74) is 5.72. The lowest BCUT2D eigenvalue weighted by Crippen LogP contribution is -2.51. The Morgan fingerprint density at radius 3 is 2.65 bits per heavy atom. The Balaban J connectivity index is 2.51. The molecular weight excluding hydrogens is 259 g/mol. The number of amides is 1. The number of hydrogen-bond acceptors (Lipinski definition) is 3. The van der Waals surface area contributed by atoms with Gasteiger partial charge in [-0.05, 0) is 31.9 Å². The Bertz CT molecular complexity index is 447. The summed E-state index contributed by atoms with van der Waals surface area (Å²) in [4.78, 5) is 11.9. The van der Waals surface area contributed by atoms with Gasteiger partial charge in [0.1, 0.15) is 11.6 Å². The molecule has 1 aromatic carbocycles. The third-order valence-corrected chi connectivity index (χ3v) is 3.50. The van der Waals surface area contributed by atoms with Crippen LogP contribution in [-0.4, -0.2) is 24.1 Å². The van der Waals surface area contributed by atoms with E-state index in [0.29, 0.717) is 12.3 Å². The number of nitrogens with two attached hydrogens (primary N) is 1. The van der Waals surface area contributed by atoms with Gasteiger partial charge in [-0.3, -0.25) is 4.79 Å². The van der Waals surface area contributed by atoms with Crippen LogP contribution in [0.1, 0.15) is 33.6 Å². The molecule has 0 aliphatic carbocycles. The number of carbonyl (C=O) groups is 1. The number of ether oxygens (including phenoxy) is 1. The topological polar surface area (TPSA) is 64.3 Å². The number of rotatable bonds is 7. The summed E-state index contributed by atoms with van der Waals surface area (Å²) in [6.45, 7) is 6.00. The van der Waals surface area contributed by atoms with Crippen molar-refractivity contribution in [3.63, 3.8) is 0 Å². The van der Waals surface area contributed by atoms with Crippen molar-refractivity contribution in [1.29, 1.82) is 0 Å². The molecule has 0 spiro atoms. The number of benzene rings is 1. The van der Waals surface area contributed by atoms with E-state index in [1.54, 1.807) is 13.0 Å². The number of nitrogens with one attached hydrogen (secondary N) is 1. The van der Waals surface area contributed by atoms with Crippen LogP contribution in [0.5, 0.6) is 5.75 Å². The van der Waals surface area contributed by atoms with Crippen molar-refractivity contribution >= 4 is 5.91 Å². The summed E-state index contributed by atoms with van der Waals surface area (Å²) in [5.74, 6) is -0.323. The monoisotopic (exact) mass is 282 g/mol. The van der Waals surface area contributed by atoms with E-state index in [-0.39, 0.29) is 5.91 Å². The van der Waals surface area contributed by atoms with Gasteiger partial charge in [-0.2, -0.15) is 0 Å². The molecule has 1 amide bonds. The fourth-order valence-corrected chi connectivity index (χ4v) is 1.70. The van der Waals surface area contributed by atoms with Gasteiger partial charge in [-0.25, -0.2) is 4.39 Å². The summed E-state index contributed by atoms with van der Waals surface area (Å²) >= 11 is 0. The first-order valence-electron chi connectivity index (χ1n) is 6.89. The molecule has 0 saturated carbocycles. The lowest BCUT2D eigenvalue weighted by molar-refractivity contribution is -0.127. The molecule has 1 aromatic rings. The normalized spacial score (nSPS) is 12.8. The molecule has 0 aliphatic rings. The number of carbonyl (C=O) groups excluding carboxylic acids is 1. The molecule has 1 unspecified atom stereocenters. The molecule has 0 bridgehead atoms. The van der Waals surface area contributed by atoms with Crippen LogP contribution in [0, 0.1) is 5.82 Å². The predicted octanol–water partition coefficient (Wildman–Crippen LogP) is 2.23. The summed E-state index contributed by atoms with van der Waals surface area (Å²) < 4.78 is 18.4. The lowest BCUT2D eigenvalue weighted by atomic mass is 9.94. The highest BCUT2D eigenvalue weighted by Crippen LogP contribution is 2.14. The highest BCUT2D eigenvalue weighted by molar-refractivity contribution is 5.80. The van der Waals surface area contributed by atoms with Gasteiger partial charge in [-0.15, -0.1) is 0 Å². The van der Waals surface area contributed by atoms with Gasteiger partial charge in [0.2, 0.25) is 0 Å². The minimum Gasteiger partial charge on any atom is -0.481 e. The van der Waals surface area contributed by atoms with Crippen LogP contribution in [0.4, 0.5) is 4.39 Å². The molecule has 1 rings (SSSR count). The number of halogens is 1. The molecule has 0 aliphatic heterocycles. The van der Waals surface area contributed by atoms with Crippen LogP contribution in [0.3, 0.4) is 0 Å². The maximum absolute atomic E-state index is 13.0. The minimum atomic E-state index is -0.699. The molecular formula is C15H23FN2O2. The van der Waals surface area contributed by atoms with E-state index in [1.165, 1.54) is 18.2 Å². The van der Waals surface area contributed by atoms with Crippen LogP contribution in [0.2, 0.25) is 0 Å². The van der Waals surface area contributed by atoms with Gasteiger partial charge >= 0.3 is 0 Å².